The number of aromatic nitrogens is 2. The van der Waals surface area contributed by atoms with Gasteiger partial charge in [0.25, 0.3) is 5.56 Å². The van der Waals surface area contributed by atoms with Gasteiger partial charge in [0.15, 0.2) is 5.16 Å². The van der Waals surface area contributed by atoms with Crippen LogP contribution < -0.4 is 10.9 Å². The minimum atomic E-state index is -0.405. The van der Waals surface area contributed by atoms with Gasteiger partial charge in [-0.1, -0.05) is 35.5 Å². The minimum Gasteiger partial charge on any atom is -0.325 e. The molecule has 0 saturated heterocycles. The third kappa shape index (κ3) is 3.95. The van der Waals surface area contributed by atoms with E-state index in [0.29, 0.717) is 15.4 Å². The van der Waals surface area contributed by atoms with Crippen LogP contribution in [0.25, 0.3) is 20.7 Å². The van der Waals surface area contributed by atoms with Crippen LogP contribution in [0.15, 0.2) is 51.0 Å². The highest BCUT2D eigenvalue weighted by molar-refractivity contribution is 8.00. The number of hydrogen-bond donors (Lipinski definition) is 1. The molecule has 0 spiro atoms. The Hall–Kier alpha value is -2.42. The molecule has 0 aliphatic heterocycles. The molecule has 154 valence electrons. The Bertz CT molecular complexity index is 1290. The van der Waals surface area contributed by atoms with Crippen LogP contribution in [0.3, 0.4) is 0 Å². The summed E-state index contributed by atoms with van der Waals surface area (Å²) >= 11 is 4.35. The zero-order valence-electron chi connectivity index (χ0n) is 17.1. The van der Waals surface area contributed by atoms with E-state index in [4.69, 9.17) is 4.98 Å². The van der Waals surface area contributed by atoms with Crippen LogP contribution in [-0.4, -0.2) is 20.7 Å². The van der Waals surface area contributed by atoms with Crippen LogP contribution in [-0.2, 0) is 11.8 Å². The van der Waals surface area contributed by atoms with Crippen LogP contribution in [0, 0.1) is 13.8 Å². The molecule has 3 heterocycles. The molecule has 1 unspecified atom stereocenters. The zero-order chi connectivity index (χ0) is 21.4. The Morgan fingerprint density at radius 2 is 2.03 bits per heavy atom. The van der Waals surface area contributed by atoms with Crippen LogP contribution in [0.5, 0.6) is 0 Å². The molecule has 5 nitrogen and oxygen atoms in total. The van der Waals surface area contributed by atoms with E-state index in [2.05, 4.69) is 5.32 Å². The summed E-state index contributed by atoms with van der Waals surface area (Å²) in [5.41, 5.74) is 3.81. The van der Waals surface area contributed by atoms with E-state index in [1.165, 1.54) is 27.7 Å². The molecule has 0 aliphatic carbocycles. The Balaban J connectivity index is 1.60. The molecule has 0 saturated carbocycles. The lowest BCUT2D eigenvalue weighted by Gasteiger charge is -2.15. The third-order valence-corrected chi connectivity index (χ3v) is 7.77. The van der Waals surface area contributed by atoms with Crippen molar-refractivity contribution in [3.05, 3.63) is 62.6 Å². The van der Waals surface area contributed by atoms with Gasteiger partial charge in [0.2, 0.25) is 5.91 Å². The summed E-state index contributed by atoms with van der Waals surface area (Å²) in [7, 11) is 1.71. The fourth-order valence-electron chi connectivity index (χ4n) is 3.17. The number of aryl methyl sites for hydroxylation is 2. The number of carbonyl (C=O) groups excluding carboxylic acids is 1. The SMILES string of the molecule is Cc1ccc(NC(=O)C(C)Sc2nc3scc(-c4cccs4)c3c(=O)n2C)c(C)c1. The van der Waals surface area contributed by atoms with Gasteiger partial charge in [-0.3, -0.25) is 14.2 Å². The highest BCUT2D eigenvalue weighted by Crippen LogP contribution is 2.35. The van der Waals surface area contributed by atoms with Crippen LogP contribution in [0.2, 0.25) is 0 Å². The summed E-state index contributed by atoms with van der Waals surface area (Å²) < 4.78 is 1.54. The van der Waals surface area contributed by atoms with Gasteiger partial charge >= 0.3 is 0 Å². The second kappa shape index (κ2) is 8.37. The Labute approximate surface area is 186 Å². The summed E-state index contributed by atoms with van der Waals surface area (Å²) in [6.45, 7) is 5.82. The van der Waals surface area contributed by atoms with Crippen molar-refractivity contribution in [1.82, 2.24) is 9.55 Å². The van der Waals surface area contributed by atoms with Gasteiger partial charge in [-0.05, 0) is 43.8 Å². The standard InChI is InChI=1S/C22H21N3O2S3/c1-12-7-8-16(13(2)10-12)23-19(26)14(3)30-22-24-20-18(21(27)25(22)4)15(11-29-20)17-6-5-9-28-17/h5-11,14H,1-4H3,(H,23,26). The molecule has 1 amide bonds. The first-order valence-corrected chi connectivity index (χ1v) is 12.1. The first kappa shape index (κ1) is 20.8. The summed E-state index contributed by atoms with van der Waals surface area (Å²) in [6, 6.07) is 9.91. The molecule has 1 atom stereocenters. The van der Waals surface area contributed by atoms with Gasteiger partial charge in [-0.25, -0.2) is 4.98 Å². The average Bonchev–Trinajstić information content (AvgIpc) is 3.37. The predicted molar refractivity (Wildman–Crippen MR) is 128 cm³/mol. The monoisotopic (exact) mass is 455 g/mol. The number of thiophene rings is 2. The van der Waals surface area contributed by atoms with Crippen molar-refractivity contribution in [3.8, 4) is 10.4 Å². The molecule has 8 heteroatoms. The average molecular weight is 456 g/mol. The van der Waals surface area contributed by atoms with Gasteiger partial charge in [-0.15, -0.1) is 22.7 Å². The lowest BCUT2D eigenvalue weighted by Crippen LogP contribution is -2.25. The first-order valence-electron chi connectivity index (χ1n) is 9.42. The molecule has 0 fully saturated rings. The van der Waals surface area contributed by atoms with E-state index in [9.17, 15) is 9.59 Å². The highest BCUT2D eigenvalue weighted by Gasteiger charge is 2.21. The molecular formula is C22H21N3O2S3. The quantitative estimate of drug-likeness (QED) is 0.321. The maximum absolute atomic E-state index is 13.1. The summed E-state index contributed by atoms with van der Waals surface area (Å²) in [5.74, 6) is -0.119. The Morgan fingerprint density at radius 3 is 2.73 bits per heavy atom. The van der Waals surface area contributed by atoms with Crippen molar-refractivity contribution in [3.63, 3.8) is 0 Å². The number of nitrogens with zero attached hydrogens (tertiary/aromatic N) is 2. The van der Waals surface area contributed by atoms with Crippen LogP contribution >= 0.6 is 34.4 Å². The molecule has 30 heavy (non-hydrogen) atoms. The summed E-state index contributed by atoms with van der Waals surface area (Å²) in [5, 5.41) is 7.73. The lowest BCUT2D eigenvalue weighted by atomic mass is 10.1. The number of anilines is 1. The highest BCUT2D eigenvalue weighted by atomic mass is 32.2. The molecule has 4 rings (SSSR count). The van der Waals surface area contributed by atoms with Gasteiger partial charge < -0.3 is 5.32 Å². The number of thioether (sulfide) groups is 1. The van der Waals surface area contributed by atoms with E-state index >= 15 is 0 Å². The second-order valence-electron chi connectivity index (χ2n) is 7.13. The molecule has 1 N–H and O–H groups in total. The van der Waals surface area contributed by atoms with Crippen molar-refractivity contribution in [1.29, 1.82) is 0 Å². The molecule has 3 aromatic heterocycles. The maximum atomic E-state index is 13.1. The van der Waals surface area contributed by atoms with E-state index in [1.807, 2.05) is 61.9 Å². The van der Waals surface area contributed by atoms with Crippen molar-refractivity contribution in [2.45, 2.75) is 31.2 Å². The van der Waals surface area contributed by atoms with Gasteiger partial charge in [0, 0.05) is 28.6 Å². The number of hydrogen-bond acceptors (Lipinski definition) is 6. The molecular weight excluding hydrogens is 434 g/mol. The number of nitrogens with one attached hydrogen (secondary N) is 1. The van der Waals surface area contributed by atoms with Crippen molar-refractivity contribution < 1.29 is 4.79 Å². The molecule has 0 radical (unpaired) electrons. The topological polar surface area (TPSA) is 64.0 Å². The first-order chi connectivity index (χ1) is 14.3. The maximum Gasteiger partial charge on any atom is 0.263 e. The van der Waals surface area contributed by atoms with Crippen molar-refractivity contribution in [2.75, 3.05) is 5.32 Å². The fraction of sp³-hybridized carbons (Fsp3) is 0.227. The van der Waals surface area contributed by atoms with Crippen molar-refractivity contribution >= 4 is 56.2 Å². The van der Waals surface area contributed by atoms with E-state index in [1.54, 1.807) is 18.4 Å². The van der Waals surface area contributed by atoms with Crippen LogP contribution in [0.4, 0.5) is 5.69 Å². The zero-order valence-corrected chi connectivity index (χ0v) is 19.5. The molecule has 0 aliphatic rings. The molecule has 4 aromatic rings. The minimum absolute atomic E-state index is 0.0888. The smallest absolute Gasteiger partial charge is 0.263 e. The predicted octanol–water partition coefficient (Wildman–Crippen LogP) is 5.46. The normalized spacial score (nSPS) is 12.3. The molecule has 1 aromatic carbocycles. The van der Waals surface area contributed by atoms with E-state index < -0.39 is 5.25 Å². The van der Waals surface area contributed by atoms with E-state index in [0.717, 1.165) is 27.3 Å². The number of rotatable bonds is 5. The third-order valence-electron chi connectivity index (χ3n) is 4.85. The fourth-order valence-corrected chi connectivity index (χ4v) is 5.85. The number of fused-ring (bicyclic) bond motifs is 1. The number of carbonyl (C=O) groups is 1. The second-order valence-corrected chi connectivity index (χ2v) is 10.2. The van der Waals surface area contributed by atoms with Crippen LogP contribution in [0.1, 0.15) is 18.1 Å². The van der Waals surface area contributed by atoms with E-state index in [-0.39, 0.29) is 11.5 Å². The van der Waals surface area contributed by atoms with Crippen molar-refractivity contribution in [2.24, 2.45) is 7.05 Å². The largest absolute Gasteiger partial charge is 0.325 e. The van der Waals surface area contributed by atoms with Gasteiger partial charge in [0.05, 0.1) is 10.6 Å². The summed E-state index contributed by atoms with van der Waals surface area (Å²) in [4.78, 5) is 32.2. The van der Waals surface area contributed by atoms with Gasteiger partial charge in [-0.2, -0.15) is 0 Å². The van der Waals surface area contributed by atoms with Gasteiger partial charge in [0.1, 0.15) is 4.83 Å². The number of amides is 1. The summed E-state index contributed by atoms with van der Waals surface area (Å²) in [6.07, 6.45) is 0. The number of benzene rings is 1. The Morgan fingerprint density at radius 1 is 1.23 bits per heavy atom. The Kier molecular flexibility index (Phi) is 5.81. The lowest BCUT2D eigenvalue weighted by molar-refractivity contribution is -0.115. The molecule has 0 bridgehead atoms.